The Morgan fingerprint density at radius 3 is 1.68 bits per heavy atom. The Balaban J connectivity index is 2.68. The molecule has 7 amide bonds. The number of aliphatic hydroxyl groups excluding tert-OH is 1. The maximum Gasteiger partial charge on any atom is 0.243 e. The molecule has 1 heterocycles. The van der Waals surface area contributed by atoms with Gasteiger partial charge in [-0.05, 0) is 101 Å². The fraction of sp³-hybridized carbons (Fsp3) is 0.717. The minimum atomic E-state index is -1.24. The molecule has 0 saturated carbocycles. The van der Waals surface area contributed by atoms with E-state index in [2.05, 4.69) is 44.1 Å². The number of carbonyl (C=O) groups excluding carboxylic acids is 9. The van der Waals surface area contributed by atoms with Crippen LogP contribution in [0.5, 0.6) is 0 Å². The van der Waals surface area contributed by atoms with Crippen LogP contribution in [0.3, 0.4) is 0 Å². The van der Waals surface area contributed by atoms with E-state index < -0.39 is 120 Å². The molecule has 1 aliphatic heterocycles. The van der Waals surface area contributed by atoms with Gasteiger partial charge in [0.05, 0.1) is 24.6 Å². The van der Waals surface area contributed by atoms with Crippen molar-refractivity contribution in [2.75, 3.05) is 32.7 Å². The zero-order valence-electron chi connectivity index (χ0n) is 44.7. The van der Waals surface area contributed by atoms with Gasteiger partial charge in [-0.3, -0.25) is 43.2 Å². The fourth-order valence-corrected chi connectivity index (χ4v) is 8.93. The summed E-state index contributed by atoms with van der Waals surface area (Å²) >= 11 is 0. The molecular formula is C53H91N11O10. The molecular weight excluding hydrogens is 951 g/mol. The molecule has 0 spiro atoms. The molecule has 1 saturated heterocycles. The van der Waals surface area contributed by atoms with Gasteiger partial charge in [-0.1, -0.05) is 97.1 Å². The summed E-state index contributed by atoms with van der Waals surface area (Å²) in [4.78, 5) is 127. The molecule has 0 radical (unpaired) electrons. The van der Waals surface area contributed by atoms with Gasteiger partial charge >= 0.3 is 0 Å². The Kier molecular flexibility index (Phi) is 31.3. The molecule has 0 aliphatic carbocycles. The minimum absolute atomic E-state index is 0.00430. The van der Waals surface area contributed by atoms with Crippen molar-refractivity contribution in [3.8, 4) is 0 Å². The second-order valence-electron chi connectivity index (χ2n) is 20.6. The number of hydrogen-bond acceptors (Lipinski definition) is 14. The Bertz CT molecular complexity index is 1920. The van der Waals surface area contributed by atoms with Gasteiger partial charge < -0.3 is 65.3 Å². The number of unbranched alkanes of at least 4 members (excludes halogenated alkanes) is 4. The highest BCUT2D eigenvalue weighted by atomic mass is 16.3. The molecule has 21 nitrogen and oxygen atoms in total. The number of Topliss-reactive ketones (excluding diaryl/α,β-unsaturated/α-hetero) is 2. The second-order valence-corrected chi connectivity index (χ2v) is 20.6. The van der Waals surface area contributed by atoms with Crippen molar-refractivity contribution in [2.45, 2.75) is 186 Å². The van der Waals surface area contributed by atoms with E-state index in [9.17, 15) is 48.3 Å². The number of hydrogen-bond donors (Lipinski definition) is 12. The lowest BCUT2D eigenvalue weighted by Gasteiger charge is -2.28. The molecule has 1 aliphatic rings. The van der Waals surface area contributed by atoms with E-state index in [1.54, 1.807) is 30.3 Å². The van der Waals surface area contributed by atoms with E-state index in [1.807, 2.05) is 27.7 Å². The maximum atomic E-state index is 14.5. The molecule has 16 N–H and O–H groups in total. The second kappa shape index (κ2) is 35.8. The average molecular weight is 1040 g/mol. The molecule has 2 rings (SSSR count). The van der Waals surface area contributed by atoms with Crippen molar-refractivity contribution < 1.29 is 48.3 Å². The molecule has 9 atom stereocenters. The Hall–Kier alpha value is -5.35. The summed E-state index contributed by atoms with van der Waals surface area (Å²) < 4.78 is 0. The third-order valence-corrected chi connectivity index (χ3v) is 13.0. The Morgan fingerprint density at radius 2 is 1.12 bits per heavy atom. The molecule has 1 aromatic rings. The molecule has 21 heteroatoms. The van der Waals surface area contributed by atoms with Gasteiger partial charge in [0.2, 0.25) is 41.4 Å². The minimum Gasteiger partial charge on any atom is -0.393 e. The molecule has 1 fully saturated rings. The van der Waals surface area contributed by atoms with Crippen molar-refractivity contribution in [1.82, 2.24) is 37.2 Å². The van der Waals surface area contributed by atoms with Gasteiger partial charge in [-0.2, -0.15) is 0 Å². The number of carbonyl (C=O) groups is 9. The summed E-state index contributed by atoms with van der Waals surface area (Å²) in [5.74, 6) is -8.30. The van der Waals surface area contributed by atoms with E-state index in [0.717, 1.165) is 32.1 Å². The molecule has 0 unspecified atom stereocenters. The zero-order chi connectivity index (χ0) is 55.2. The van der Waals surface area contributed by atoms with Gasteiger partial charge in [0, 0.05) is 31.2 Å². The SMILES string of the molecule is CCCCCCC[C@@H](O)CC(=O)N[C@H](CCN)C(=O)C[C@H]1CCNC(=O)[C@H](CC(C)C)NC(=O)[C@H](CCN)NC(=O)[C@H](CCN)NC(=O)[C@H](CC(C)C)NC(=O)[C@H](Cc2ccccc2)CC(=O)[C@H](CCN)NC1=O. The lowest BCUT2D eigenvalue weighted by atomic mass is 9.89. The number of rotatable bonds is 26. The van der Waals surface area contributed by atoms with E-state index in [-0.39, 0.29) is 102 Å². The monoisotopic (exact) mass is 1040 g/mol. The van der Waals surface area contributed by atoms with E-state index in [0.29, 0.717) is 12.0 Å². The van der Waals surface area contributed by atoms with Crippen molar-refractivity contribution in [2.24, 2.45) is 46.6 Å². The summed E-state index contributed by atoms with van der Waals surface area (Å²) in [6.07, 6.45) is 3.39. The van der Waals surface area contributed by atoms with Crippen molar-refractivity contribution in [1.29, 1.82) is 0 Å². The number of amides is 7. The standard InChI is InChI=1S/C53H91N11O10/c1-6-7-8-9-13-16-38(65)32-47(68)59-39(17-22-54)45(66)30-36-21-26-58-50(71)43(27-33(2)3)64-52(73)42(20-25-57)61-51(72)41(19-24-56)62-53(74)44(28-34(4)5)63-49(70)37(29-35-14-11-10-12-15-35)31-46(67)40(18-23-55)60-48(36)69/h10-12,14-15,33-34,36-44,65H,6-9,13,16-32,54-57H2,1-5H3,(H,58,71)(H,59,68)(H,60,69)(H,61,72)(H,62,74)(H,63,70)(H,64,73)/t36-,37-,38-,39-,40+,41+,42+,43+,44+/m1/s1. The first-order valence-corrected chi connectivity index (χ1v) is 26.9. The number of nitrogens with two attached hydrogens (primary N) is 4. The summed E-state index contributed by atoms with van der Waals surface area (Å²) in [5.41, 5.74) is 24.4. The third kappa shape index (κ3) is 24.8. The predicted molar refractivity (Wildman–Crippen MR) is 283 cm³/mol. The topological polar surface area (TPSA) is 362 Å². The summed E-state index contributed by atoms with van der Waals surface area (Å²) in [6, 6.07) is 1.80. The summed E-state index contributed by atoms with van der Waals surface area (Å²) in [5, 5.41) is 29.8. The van der Waals surface area contributed by atoms with Crippen LogP contribution in [0.25, 0.3) is 0 Å². The maximum absolute atomic E-state index is 14.5. The van der Waals surface area contributed by atoms with Gasteiger partial charge in [0.1, 0.15) is 24.2 Å². The third-order valence-electron chi connectivity index (χ3n) is 13.0. The highest BCUT2D eigenvalue weighted by molar-refractivity contribution is 5.98. The van der Waals surface area contributed by atoms with Gasteiger partial charge in [-0.15, -0.1) is 0 Å². The Labute approximate surface area is 438 Å². The van der Waals surface area contributed by atoms with Crippen LogP contribution < -0.4 is 60.2 Å². The smallest absolute Gasteiger partial charge is 0.243 e. The van der Waals surface area contributed by atoms with Crippen LogP contribution in [-0.2, 0) is 49.6 Å². The van der Waals surface area contributed by atoms with Crippen LogP contribution in [-0.4, -0.2) is 133 Å². The number of benzene rings is 1. The fourth-order valence-electron chi connectivity index (χ4n) is 8.93. The van der Waals surface area contributed by atoms with Gasteiger partial charge in [0.15, 0.2) is 11.6 Å². The van der Waals surface area contributed by atoms with E-state index in [1.165, 1.54) is 0 Å². The van der Waals surface area contributed by atoms with E-state index >= 15 is 0 Å². The van der Waals surface area contributed by atoms with Crippen LogP contribution in [0.15, 0.2) is 30.3 Å². The summed E-state index contributed by atoms with van der Waals surface area (Å²) in [6.45, 7) is 9.20. The Morgan fingerprint density at radius 1 is 0.622 bits per heavy atom. The van der Waals surface area contributed by atoms with Crippen LogP contribution in [0.1, 0.15) is 143 Å². The quantitative estimate of drug-likeness (QED) is 0.0560. The predicted octanol–water partition coefficient (Wildman–Crippen LogP) is 0.407. The molecule has 74 heavy (non-hydrogen) atoms. The first-order chi connectivity index (χ1) is 35.3. The summed E-state index contributed by atoms with van der Waals surface area (Å²) in [7, 11) is 0. The van der Waals surface area contributed by atoms with E-state index in [4.69, 9.17) is 22.9 Å². The van der Waals surface area contributed by atoms with Gasteiger partial charge in [-0.25, -0.2) is 0 Å². The van der Waals surface area contributed by atoms with Crippen LogP contribution in [0.4, 0.5) is 0 Å². The molecule has 0 bridgehead atoms. The largest absolute Gasteiger partial charge is 0.393 e. The lowest BCUT2D eigenvalue weighted by Crippen LogP contribution is -2.59. The normalized spacial score (nSPS) is 23.2. The van der Waals surface area contributed by atoms with Gasteiger partial charge in [0.25, 0.3) is 0 Å². The molecule has 1 aromatic carbocycles. The van der Waals surface area contributed by atoms with Crippen LogP contribution >= 0.6 is 0 Å². The van der Waals surface area contributed by atoms with Crippen molar-refractivity contribution in [3.63, 3.8) is 0 Å². The molecule has 0 aromatic heterocycles. The van der Waals surface area contributed by atoms with Crippen molar-refractivity contribution >= 4 is 52.9 Å². The molecule has 418 valence electrons. The number of ketones is 2. The van der Waals surface area contributed by atoms with Crippen LogP contribution in [0, 0.1) is 23.7 Å². The van der Waals surface area contributed by atoms with Crippen LogP contribution in [0.2, 0.25) is 0 Å². The lowest BCUT2D eigenvalue weighted by molar-refractivity contribution is -0.136. The van der Waals surface area contributed by atoms with Crippen molar-refractivity contribution in [3.05, 3.63) is 35.9 Å². The number of nitrogens with one attached hydrogen (secondary N) is 7. The average Bonchev–Trinajstić information content (AvgIpc) is 3.34. The highest BCUT2D eigenvalue weighted by Crippen LogP contribution is 2.20. The first-order valence-electron chi connectivity index (χ1n) is 26.9. The zero-order valence-corrected chi connectivity index (χ0v) is 44.7. The highest BCUT2D eigenvalue weighted by Gasteiger charge is 2.36. The number of aliphatic hydroxyl groups is 1. The first kappa shape index (κ1) is 64.8.